The Morgan fingerprint density at radius 2 is 2.00 bits per heavy atom. The predicted octanol–water partition coefficient (Wildman–Crippen LogP) is 2.41. The van der Waals surface area contributed by atoms with Gasteiger partial charge in [-0.3, -0.25) is 4.79 Å². The Morgan fingerprint density at radius 3 is 2.60 bits per heavy atom. The third kappa shape index (κ3) is 4.02. The minimum atomic E-state index is -0.101. The Morgan fingerprint density at radius 1 is 1.25 bits per heavy atom. The number of anilines is 1. The standard InChI is InChI=1S/C16H19N3O/c1-19(2)15-8-5-13(6-9-15)7-10-16(20)18-12-14-4-3-11-17-14/h3-11,17H,12H2,1-2H3,(H,18,20)/b10-7+. The van der Waals surface area contributed by atoms with Crippen LogP contribution in [-0.2, 0) is 11.3 Å². The second-order valence-electron chi connectivity index (χ2n) is 4.73. The van der Waals surface area contributed by atoms with Gasteiger partial charge in [-0.05, 0) is 35.9 Å². The van der Waals surface area contributed by atoms with Crippen LogP contribution in [0.4, 0.5) is 5.69 Å². The predicted molar refractivity (Wildman–Crippen MR) is 82.4 cm³/mol. The van der Waals surface area contributed by atoms with Crippen molar-refractivity contribution in [3.05, 3.63) is 59.9 Å². The van der Waals surface area contributed by atoms with E-state index in [0.717, 1.165) is 16.9 Å². The number of aromatic amines is 1. The molecule has 20 heavy (non-hydrogen) atoms. The van der Waals surface area contributed by atoms with Gasteiger partial charge in [0.15, 0.2) is 0 Å². The second kappa shape index (κ2) is 6.61. The minimum absolute atomic E-state index is 0.101. The van der Waals surface area contributed by atoms with Crippen molar-refractivity contribution in [2.24, 2.45) is 0 Å². The Bertz CT molecular complexity index is 568. The Kier molecular flexibility index (Phi) is 4.60. The van der Waals surface area contributed by atoms with Gasteiger partial charge in [0.25, 0.3) is 0 Å². The largest absolute Gasteiger partial charge is 0.378 e. The molecule has 2 N–H and O–H groups in total. The molecule has 0 fully saturated rings. The van der Waals surface area contributed by atoms with Gasteiger partial charge in [0.1, 0.15) is 0 Å². The second-order valence-corrected chi connectivity index (χ2v) is 4.73. The smallest absolute Gasteiger partial charge is 0.244 e. The summed E-state index contributed by atoms with van der Waals surface area (Å²) in [6.45, 7) is 0.510. The van der Waals surface area contributed by atoms with Crippen LogP contribution in [0.15, 0.2) is 48.7 Å². The van der Waals surface area contributed by atoms with Gasteiger partial charge in [-0.15, -0.1) is 0 Å². The third-order valence-electron chi connectivity index (χ3n) is 2.95. The van der Waals surface area contributed by atoms with Crippen molar-refractivity contribution in [1.29, 1.82) is 0 Å². The molecule has 4 heteroatoms. The van der Waals surface area contributed by atoms with E-state index in [9.17, 15) is 4.79 Å². The van der Waals surface area contributed by atoms with E-state index in [2.05, 4.69) is 10.3 Å². The van der Waals surface area contributed by atoms with Crippen molar-refractivity contribution in [3.8, 4) is 0 Å². The molecule has 0 saturated carbocycles. The van der Waals surface area contributed by atoms with E-state index in [0.29, 0.717) is 6.54 Å². The number of amides is 1. The first-order valence-corrected chi connectivity index (χ1v) is 6.51. The van der Waals surface area contributed by atoms with E-state index < -0.39 is 0 Å². The zero-order chi connectivity index (χ0) is 14.4. The number of benzene rings is 1. The summed E-state index contributed by atoms with van der Waals surface area (Å²) in [5, 5.41) is 2.82. The van der Waals surface area contributed by atoms with Crippen molar-refractivity contribution in [3.63, 3.8) is 0 Å². The van der Waals surface area contributed by atoms with Crippen LogP contribution in [0.25, 0.3) is 6.08 Å². The molecule has 1 aromatic heterocycles. The third-order valence-corrected chi connectivity index (χ3v) is 2.95. The summed E-state index contributed by atoms with van der Waals surface area (Å²) in [7, 11) is 4.00. The normalized spacial score (nSPS) is 10.7. The quantitative estimate of drug-likeness (QED) is 0.819. The highest BCUT2D eigenvalue weighted by Gasteiger charge is 1.97. The average Bonchev–Trinajstić information content (AvgIpc) is 2.96. The maximum atomic E-state index is 11.7. The molecule has 0 aliphatic rings. The summed E-state index contributed by atoms with van der Waals surface area (Å²) in [6.07, 6.45) is 5.20. The fraction of sp³-hybridized carbons (Fsp3) is 0.188. The molecule has 0 radical (unpaired) electrons. The maximum absolute atomic E-state index is 11.7. The van der Waals surface area contributed by atoms with Gasteiger partial charge in [-0.1, -0.05) is 12.1 Å². The molecule has 2 rings (SSSR count). The zero-order valence-corrected chi connectivity index (χ0v) is 11.8. The fourth-order valence-electron chi connectivity index (χ4n) is 1.77. The van der Waals surface area contributed by atoms with Crippen LogP contribution in [-0.4, -0.2) is 25.0 Å². The monoisotopic (exact) mass is 269 g/mol. The Hall–Kier alpha value is -2.49. The molecular weight excluding hydrogens is 250 g/mol. The lowest BCUT2D eigenvalue weighted by Gasteiger charge is -2.11. The van der Waals surface area contributed by atoms with Crippen LogP contribution in [0.3, 0.4) is 0 Å². The van der Waals surface area contributed by atoms with Crippen LogP contribution >= 0.6 is 0 Å². The summed E-state index contributed by atoms with van der Waals surface area (Å²) in [4.78, 5) is 16.7. The number of nitrogens with zero attached hydrogens (tertiary/aromatic N) is 1. The molecule has 0 aliphatic heterocycles. The Labute approximate surface area is 119 Å². The van der Waals surface area contributed by atoms with Crippen LogP contribution < -0.4 is 10.2 Å². The Balaban J connectivity index is 1.86. The van der Waals surface area contributed by atoms with Crippen LogP contribution in [0.2, 0.25) is 0 Å². The van der Waals surface area contributed by atoms with E-state index in [1.54, 1.807) is 6.08 Å². The number of hydrogen-bond acceptors (Lipinski definition) is 2. The zero-order valence-electron chi connectivity index (χ0n) is 11.8. The SMILES string of the molecule is CN(C)c1ccc(/C=C/C(=O)NCc2ccc[nH]2)cc1. The highest BCUT2D eigenvalue weighted by atomic mass is 16.1. The minimum Gasteiger partial charge on any atom is -0.378 e. The number of hydrogen-bond donors (Lipinski definition) is 2. The van der Waals surface area contributed by atoms with Crippen LogP contribution in [0, 0.1) is 0 Å². The van der Waals surface area contributed by atoms with Crippen molar-refractivity contribution >= 4 is 17.7 Å². The number of carbonyl (C=O) groups excluding carboxylic acids is 1. The van der Waals surface area contributed by atoms with Gasteiger partial charge in [0.2, 0.25) is 5.91 Å². The van der Waals surface area contributed by atoms with Gasteiger partial charge < -0.3 is 15.2 Å². The van der Waals surface area contributed by atoms with Gasteiger partial charge in [-0.25, -0.2) is 0 Å². The molecular formula is C16H19N3O. The molecule has 0 bridgehead atoms. The molecule has 1 heterocycles. The van der Waals surface area contributed by atoms with E-state index in [-0.39, 0.29) is 5.91 Å². The lowest BCUT2D eigenvalue weighted by Crippen LogP contribution is -2.20. The van der Waals surface area contributed by atoms with Gasteiger partial charge in [-0.2, -0.15) is 0 Å². The lowest BCUT2D eigenvalue weighted by molar-refractivity contribution is -0.116. The molecule has 0 spiro atoms. The molecule has 2 aromatic rings. The molecule has 1 aromatic carbocycles. The molecule has 0 atom stereocenters. The van der Waals surface area contributed by atoms with Gasteiger partial charge in [0.05, 0.1) is 6.54 Å². The van der Waals surface area contributed by atoms with Gasteiger partial charge >= 0.3 is 0 Å². The maximum Gasteiger partial charge on any atom is 0.244 e. The number of rotatable bonds is 5. The number of H-pyrrole nitrogens is 1. The summed E-state index contributed by atoms with van der Waals surface area (Å²) in [6, 6.07) is 11.9. The average molecular weight is 269 g/mol. The summed E-state index contributed by atoms with van der Waals surface area (Å²) < 4.78 is 0. The highest BCUT2D eigenvalue weighted by Crippen LogP contribution is 2.12. The highest BCUT2D eigenvalue weighted by molar-refractivity contribution is 5.91. The number of carbonyl (C=O) groups is 1. The lowest BCUT2D eigenvalue weighted by atomic mass is 10.2. The van der Waals surface area contributed by atoms with Crippen molar-refractivity contribution in [1.82, 2.24) is 10.3 Å². The first-order valence-electron chi connectivity index (χ1n) is 6.51. The molecule has 0 saturated heterocycles. The van der Waals surface area contributed by atoms with E-state index in [1.807, 2.05) is 67.7 Å². The molecule has 0 aliphatic carbocycles. The van der Waals surface area contributed by atoms with Crippen LogP contribution in [0.5, 0.6) is 0 Å². The van der Waals surface area contributed by atoms with Crippen molar-refractivity contribution in [2.45, 2.75) is 6.54 Å². The summed E-state index contributed by atoms with van der Waals surface area (Å²) >= 11 is 0. The van der Waals surface area contributed by atoms with Crippen molar-refractivity contribution in [2.75, 3.05) is 19.0 Å². The van der Waals surface area contributed by atoms with E-state index >= 15 is 0 Å². The van der Waals surface area contributed by atoms with Gasteiger partial charge in [0, 0.05) is 37.7 Å². The number of nitrogens with one attached hydrogen (secondary N) is 2. The first kappa shape index (κ1) is 13.9. The molecule has 4 nitrogen and oxygen atoms in total. The fourth-order valence-corrected chi connectivity index (χ4v) is 1.77. The molecule has 0 unspecified atom stereocenters. The topological polar surface area (TPSA) is 48.1 Å². The number of aromatic nitrogens is 1. The molecule has 104 valence electrons. The van der Waals surface area contributed by atoms with E-state index in [1.165, 1.54) is 0 Å². The van der Waals surface area contributed by atoms with Crippen molar-refractivity contribution < 1.29 is 4.79 Å². The molecule has 1 amide bonds. The first-order chi connectivity index (χ1) is 9.65. The van der Waals surface area contributed by atoms with E-state index in [4.69, 9.17) is 0 Å². The summed E-state index contributed by atoms with van der Waals surface area (Å²) in [5.74, 6) is -0.101. The summed E-state index contributed by atoms with van der Waals surface area (Å²) in [5.41, 5.74) is 3.13. The van der Waals surface area contributed by atoms with Crippen LogP contribution in [0.1, 0.15) is 11.3 Å².